The Bertz CT molecular complexity index is 1170. The lowest BCUT2D eigenvalue weighted by molar-refractivity contribution is 0.432. The first-order valence-electron chi connectivity index (χ1n) is 9.58. The van der Waals surface area contributed by atoms with Crippen LogP contribution in [0.3, 0.4) is 0 Å². The van der Waals surface area contributed by atoms with Crippen molar-refractivity contribution in [2.24, 2.45) is 0 Å². The van der Waals surface area contributed by atoms with Gasteiger partial charge in [-0.15, -0.1) is 0 Å². The monoisotopic (exact) mass is 392 g/mol. The van der Waals surface area contributed by atoms with Crippen LogP contribution in [0.15, 0.2) is 47.1 Å². The first-order valence-corrected chi connectivity index (χ1v) is 9.95. The summed E-state index contributed by atoms with van der Waals surface area (Å²) in [6, 6.07) is 12.7. The van der Waals surface area contributed by atoms with Crippen molar-refractivity contribution in [3.05, 3.63) is 58.7 Å². The predicted octanol–water partition coefficient (Wildman–Crippen LogP) is 5.24. The Labute approximate surface area is 168 Å². The van der Waals surface area contributed by atoms with Gasteiger partial charge in [0, 0.05) is 40.8 Å². The van der Waals surface area contributed by atoms with Crippen LogP contribution >= 0.6 is 11.6 Å². The lowest BCUT2D eigenvalue weighted by Gasteiger charge is -2.18. The maximum atomic E-state index is 6.47. The summed E-state index contributed by atoms with van der Waals surface area (Å²) in [6.07, 6.45) is 2.95. The maximum Gasteiger partial charge on any atom is 0.258 e. The van der Waals surface area contributed by atoms with Crippen molar-refractivity contribution in [3.8, 4) is 22.8 Å². The number of aromatic nitrogens is 3. The van der Waals surface area contributed by atoms with Crippen molar-refractivity contribution in [3.63, 3.8) is 0 Å². The van der Waals surface area contributed by atoms with Gasteiger partial charge in [0.1, 0.15) is 0 Å². The van der Waals surface area contributed by atoms with E-state index in [-0.39, 0.29) is 0 Å². The number of nitrogens with zero attached hydrogens (tertiary/aromatic N) is 3. The molecule has 0 amide bonds. The van der Waals surface area contributed by atoms with Gasteiger partial charge in [0.2, 0.25) is 5.82 Å². The highest BCUT2D eigenvalue weighted by molar-refractivity contribution is 6.35. The van der Waals surface area contributed by atoms with Crippen LogP contribution in [0.1, 0.15) is 31.0 Å². The molecule has 3 heterocycles. The lowest BCUT2D eigenvalue weighted by atomic mass is 9.95. The van der Waals surface area contributed by atoms with E-state index in [0.717, 1.165) is 46.6 Å². The van der Waals surface area contributed by atoms with Crippen LogP contribution in [-0.4, -0.2) is 21.3 Å². The molecule has 0 fully saturated rings. The van der Waals surface area contributed by atoms with E-state index in [1.165, 1.54) is 11.1 Å². The third-order valence-corrected chi connectivity index (χ3v) is 5.70. The fourth-order valence-corrected chi connectivity index (χ4v) is 4.22. The van der Waals surface area contributed by atoms with E-state index in [1.807, 2.05) is 18.3 Å². The molecule has 0 atom stereocenters. The van der Waals surface area contributed by atoms with Crippen LogP contribution < -0.4 is 5.32 Å². The van der Waals surface area contributed by atoms with Gasteiger partial charge in [-0.2, -0.15) is 4.98 Å². The van der Waals surface area contributed by atoms with E-state index in [0.29, 0.717) is 17.8 Å². The second-order valence-corrected chi connectivity index (χ2v) is 7.91. The smallest absolute Gasteiger partial charge is 0.258 e. The normalized spacial score (nSPS) is 14.0. The zero-order chi connectivity index (χ0) is 19.3. The molecule has 5 rings (SSSR count). The Morgan fingerprint density at radius 1 is 1.21 bits per heavy atom. The topological polar surface area (TPSA) is 55.9 Å². The predicted molar refractivity (Wildman–Crippen MR) is 111 cm³/mol. The van der Waals surface area contributed by atoms with Crippen molar-refractivity contribution in [2.45, 2.75) is 32.9 Å². The minimum atomic E-state index is 0.342. The molecule has 0 bridgehead atoms. The van der Waals surface area contributed by atoms with Gasteiger partial charge in [-0.3, -0.25) is 0 Å². The number of halogens is 1. The van der Waals surface area contributed by atoms with Gasteiger partial charge in [0.25, 0.3) is 5.89 Å². The molecule has 1 N–H and O–H groups in total. The molecule has 2 aromatic heterocycles. The minimum absolute atomic E-state index is 0.342. The molecule has 1 aliphatic heterocycles. The molecule has 0 unspecified atom stereocenters. The summed E-state index contributed by atoms with van der Waals surface area (Å²) in [5.41, 5.74) is 5.65. The quantitative estimate of drug-likeness (QED) is 0.518. The number of hydrogen-bond donors (Lipinski definition) is 1. The summed E-state index contributed by atoms with van der Waals surface area (Å²) in [7, 11) is 0. The van der Waals surface area contributed by atoms with E-state index >= 15 is 0 Å². The maximum absolute atomic E-state index is 6.47. The first kappa shape index (κ1) is 17.5. The first-order chi connectivity index (χ1) is 13.6. The van der Waals surface area contributed by atoms with Crippen LogP contribution in [0.25, 0.3) is 33.7 Å². The van der Waals surface area contributed by atoms with Crippen molar-refractivity contribution in [1.29, 1.82) is 0 Å². The Balaban J connectivity index is 1.56. The average Bonchev–Trinajstić information content (AvgIpc) is 3.33. The van der Waals surface area contributed by atoms with Crippen molar-refractivity contribution in [2.75, 3.05) is 6.54 Å². The van der Waals surface area contributed by atoms with Gasteiger partial charge in [0.05, 0.1) is 5.02 Å². The summed E-state index contributed by atoms with van der Waals surface area (Å²) >= 11 is 6.47. The van der Waals surface area contributed by atoms with E-state index in [9.17, 15) is 0 Å². The number of hydrogen-bond acceptors (Lipinski definition) is 4. The third kappa shape index (κ3) is 2.82. The highest BCUT2D eigenvalue weighted by Gasteiger charge is 2.19. The third-order valence-electron chi connectivity index (χ3n) is 5.39. The van der Waals surface area contributed by atoms with Crippen LogP contribution in [-0.2, 0) is 13.0 Å². The fraction of sp³-hybridized carbons (Fsp3) is 0.273. The number of rotatable bonds is 3. The Morgan fingerprint density at radius 3 is 2.96 bits per heavy atom. The molecule has 5 nitrogen and oxygen atoms in total. The summed E-state index contributed by atoms with van der Waals surface area (Å²) in [6.45, 7) is 6.14. The van der Waals surface area contributed by atoms with Gasteiger partial charge < -0.3 is 14.4 Å². The second-order valence-electron chi connectivity index (χ2n) is 7.50. The van der Waals surface area contributed by atoms with E-state index in [4.69, 9.17) is 16.1 Å². The molecular formula is C22H21ClN4O. The van der Waals surface area contributed by atoms with Gasteiger partial charge in [-0.05, 0) is 56.1 Å². The van der Waals surface area contributed by atoms with E-state index < -0.39 is 0 Å². The Hall–Kier alpha value is -2.63. The standard InChI is InChI=1S/C22H21ClN4O/c1-13(2)27-12-19(23)18-10-14(6-7-20(18)27)22-25-21(26-28-22)17-5-3-4-15-11-24-9-8-16(15)17/h3-7,10,12-13,24H,8-9,11H2,1-2H3. The molecule has 4 aromatic rings. The summed E-state index contributed by atoms with van der Waals surface area (Å²) in [5.74, 6) is 1.15. The van der Waals surface area contributed by atoms with E-state index in [2.05, 4.69) is 58.1 Å². The summed E-state index contributed by atoms with van der Waals surface area (Å²) in [4.78, 5) is 4.69. The molecule has 0 radical (unpaired) electrons. The van der Waals surface area contributed by atoms with Gasteiger partial charge in [0.15, 0.2) is 0 Å². The zero-order valence-corrected chi connectivity index (χ0v) is 16.6. The lowest BCUT2D eigenvalue weighted by Crippen LogP contribution is -2.24. The minimum Gasteiger partial charge on any atom is -0.343 e. The Morgan fingerprint density at radius 2 is 2.11 bits per heavy atom. The molecule has 1 aliphatic rings. The Kier molecular flexibility index (Phi) is 4.22. The summed E-state index contributed by atoms with van der Waals surface area (Å²) < 4.78 is 7.78. The van der Waals surface area contributed by atoms with Gasteiger partial charge >= 0.3 is 0 Å². The van der Waals surface area contributed by atoms with Crippen LogP contribution in [0.5, 0.6) is 0 Å². The molecule has 0 saturated carbocycles. The molecule has 2 aromatic carbocycles. The largest absolute Gasteiger partial charge is 0.343 e. The highest BCUT2D eigenvalue weighted by atomic mass is 35.5. The molecule has 0 aliphatic carbocycles. The average molecular weight is 393 g/mol. The van der Waals surface area contributed by atoms with Crippen LogP contribution in [0.4, 0.5) is 0 Å². The molecule has 28 heavy (non-hydrogen) atoms. The van der Waals surface area contributed by atoms with Gasteiger partial charge in [-0.25, -0.2) is 0 Å². The SMILES string of the molecule is CC(C)n1cc(Cl)c2cc(-c3nc(-c4cccc5c4CCNC5)no3)ccc21. The highest BCUT2D eigenvalue weighted by Crippen LogP contribution is 2.33. The van der Waals surface area contributed by atoms with Crippen molar-refractivity contribution >= 4 is 22.5 Å². The molecule has 0 saturated heterocycles. The zero-order valence-electron chi connectivity index (χ0n) is 15.9. The van der Waals surface area contributed by atoms with Gasteiger partial charge in [-0.1, -0.05) is 35.0 Å². The van der Waals surface area contributed by atoms with Crippen LogP contribution in [0.2, 0.25) is 5.02 Å². The molecule has 6 heteroatoms. The van der Waals surface area contributed by atoms with Crippen molar-refractivity contribution < 1.29 is 4.52 Å². The van der Waals surface area contributed by atoms with Crippen molar-refractivity contribution in [1.82, 2.24) is 20.0 Å². The van der Waals surface area contributed by atoms with E-state index in [1.54, 1.807) is 0 Å². The van der Waals surface area contributed by atoms with Crippen LogP contribution in [0, 0.1) is 0 Å². The molecular weight excluding hydrogens is 372 g/mol. The molecule has 142 valence electrons. The molecule has 0 spiro atoms. The second kappa shape index (κ2) is 6.76. The number of nitrogens with one attached hydrogen (secondary N) is 1. The summed E-state index contributed by atoms with van der Waals surface area (Å²) in [5, 5.41) is 9.39. The number of benzene rings is 2. The number of fused-ring (bicyclic) bond motifs is 2. The fourth-order valence-electron chi connectivity index (χ4n) is 3.97.